The number of nitrogens with zero attached hydrogens (tertiary/aromatic N) is 3. The van der Waals surface area contributed by atoms with E-state index in [1.807, 2.05) is 6.07 Å². The summed E-state index contributed by atoms with van der Waals surface area (Å²) in [6.07, 6.45) is 0. The molecule has 0 aliphatic rings. The van der Waals surface area contributed by atoms with Crippen LogP contribution in [0.2, 0.25) is 0 Å². The summed E-state index contributed by atoms with van der Waals surface area (Å²) in [6.45, 7) is 1.57. The van der Waals surface area contributed by atoms with Crippen LogP contribution < -0.4 is 0 Å². The zero-order valence-corrected chi connectivity index (χ0v) is 15.4. The third-order valence-corrected chi connectivity index (χ3v) is 4.75. The van der Waals surface area contributed by atoms with Gasteiger partial charge in [-0.2, -0.15) is 0 Å². The number of carbonyl (C=O) groups is 1. The molecule has 0 radical (unpaired) electrons. The second-order valence-corrected chi connectivity index (χ2v) is 6.69. The second-order valence-electron chi connectivity index (χ2n) is 4.16. The Bertz CT molecular complexity index is 743. The number of benzene rings is 1. The number of ketones is 1. The van der Waals surface area contributed by atoms with Gasteiger partial charge in [0.05, 0.1) is 6.54 Å². The molecule has 0 unspecified atom stereocenters. The van der Waals surface area contributed by atoms with Crippen LogP contribution in [0, 0.1) is 17.0 Å². The molecule has 0 amide bonds. The van der Waals surface area contributed by atoms with E-state index < -0.39 is 4.92 Å². The van der Waals surface area contributed by atoms with Crippen molar-refractivity contribution >= 4 is 59.4 Å². The van der Waals surface area contributed by atoms with Crippen molar-refractivity contribution in [1.29, 1.82) is 0 Å². The van der Waals surface area contributed by atoms with E-state index in [4.69, 9.17) is 0 Å². The van der Waals surface area contributed by atoms with Crippen LogP contribution in [0.1, 0.15) is 16.2 Å². The molecule has 2 aromatic rings. The molecule has 0 bridgehead atoms. The highest BCUT2D eigenvalue weighted by Gasteiger charge is 2.25. The third kappa shape index (κ3) is 3.41. The number of halogens is 3. The van der Waals surface area contributed by atoms with E-state index in [1.165, 1.54) is 4.57 Å². The Kier molecular flexibility index (Phi) is 4.95. The second kappa shape index (κ2) is 6.37. The smallest absolute Gasteiger partial charge is 0.358 e. The average Bonchev–Trinajstić information content (AvgIpc) is 2.69. The number of Topliss-reactive ketones (excluding diaryl/α,β-unsaturated/α-hetero) is 1. The van der Waals surface area contributed by atoms with Crippen molar-refractivity contribution in [1.82, 2.24) is 9.55 Å². The fourth-order valence-electron chi connectivity index (χ4n) is 1.76. The molecule has 0 atom stereocenters. The van der Waals surface area contributed by atoms with E-state index in [0.717, 1.165) is 4.47 Å². The number of nitro groups is 1. The Morgan fingerprint density at radius 2 is 2.05 bits per heavy atom. The molecule has 1 aromatic carbocycles. The first kappa shape index (κ1) is 16.3. The number of hydrogen-bond donors (Lipinski definition) is 0. The quantitative estimate of drug-likeness (QED) is 0.371. The van der Waals surface area contributed by atoms with E-state index in [1.54, 1.807) is 19.1 Å². The van der Waals surface area contributed by atoms with Crippen molar-refractivity contribution in [3.8, 4) is 0 Å². The third-order valence-electron chi connectivity index (χ3n) is 2.78. The lowest BCUT2D eigenvalue weighted by atomic mass is 10.1. The Morgan fingerprint density at radius 1 is 1.38 bits per heavy atom. The monoisotopic (exact) mass is 479 g/mol. The van der Waals surface area contributed by atoms with Crippen LogP contribution in [0.4, 0.5) is 5.82 Å². The molecule has 0 saturated heterocycles. The van der Waals surface area contributed by atoms with Crippen molar-refractivity contribution in [3.63, 3.8) is 0 Å². The van der Waals surface area contributed by atoms with Crippen molar-refractivity contribution in [2.45, 2.75) is 13.5 Å². The minimum Gasteiger partial charge on any atom is -0.358 e. The SMILES string of the molecule is Cc1nc([N+](=O)[O-])c(Br)n1CC(=O)c1cc(Br)ccc1Br. The summed E-state index contributed by atoms with van der Waals surface area (Å²) in [5, 5.41) is 10.8. The summed E-state index contributed by atoms with van der Waals surface area (Å²) < 4.78 is 3.10. The molecule has 0 fully saturated rings. The number of rotatable bonds is 4. The van der Waals surface area contributed by atoms with Crippen molar-refractivity contribution < 1.29 is 9.72 Å². The van der Waals surface area contributed by atoms with E-state index >= 15 is 0 Å². The number of imidazole rings is 1. The first-order valence-corrected chi connectivity index (χ1v) is 8.04. The molecule has 0 saturated carbocycles. The number of carbonyl (C=O) groups excluding carboxylic acids is 1. The van der Waals surface area contributed by atoms with Crippen LogP contribution in [0.15, 0.2) is 31.7 Å². The molecule has 21 heavy (non-hydrogen) atoms. The maximum Gasteiger partial charge on any atom is 0.396 e. The molecule has 110 valence electrons. The highest BCUT2D eigenvalue weighted by molar-refractivity contribution is 9.11. The van der Waals surface area contributed by atoms with Gasteiger partial charge in [-0.25, -0.2) is 0 Å². The van der Waals surface area contributed by atoms with Crippen LogP contribution in [0.25, 0.3) is 0 Å². The van der Waals surface area contributed by atoms with Gasteiger partial charge in [0.1, 0.15) is 0 Å². The molecule has 0 spiro atoms. The molecule has 6 nitrogen and oxygen atoms in total. The number of aryl methyl sites for hydroxylation is 1. The highest BCUT2D eigenvalue weighted by Crippen LogP contribution is 2.27. The van der Waals surface area contributed by atoms with Gasteiger partial charge in [0.25, 0.3) is 0 Å². The average molecular weight is 482 g/mol. The fraction of sp³-hybridized carbons (Fsp3) is 0.167. The maximum absolute atomic E-state index is 12.4. The summed E-state index contributed by atoms with van der Waals surface area (Å²) in [4.78, 5) is 26.5. The summed E-state index contributed by atoms with van der Waals surface area (Å²) in [5.41, 5.74) is 0.493. The molecular weight excluding hydrogens is 474 g/mol. The first-order valence-electron chi connectivity index (χ1n) is 5.66. The first-order chi connectivity index (χ1) is 9.81. The zero-order chi connectivity index (χ0) is 15.7. The highest BCUT2D eigenvalue weighted by atomic mass is 79.9. The zero-order valence-electron chi connectivity index (χ0n) is 10.6. The van der Waals surface area contributed by atoms with Crippen LogP contribution >= 0.6 is 47.8 Å². The van der Waals surface area contributed by atoms with E-state index in [0.29, 0.717) is 15.9 Å². The van der Waals surface area contributed by atoms with Gasteiger partial charge in [0.2, 0.25) is 5.82 Å². The summed E-state index contributed by atoms with van der Waals surface area (Å²) >= 11 is 9.76. The Balaban J connectivity index is 2.36. The summed E-state index contributed by atoms with van der Waals surface area (Å²) in [7, 11) is 0. The molecule has 0 aliphatic heterocycles. The van der Waals surface area contributed by atoms with Crippen LogP contribution in [-0.2, 0) is 6.54 Å². The lowest BCUT2D eigenvalue weighted by Gasteiger charge is -2.06. The fourth-order valence-corrected chi connectivity index (χ4v) is 3.21. The minimum atomic E-state index is -0.590. The van der Waals surface area contributed by atoms with Crippen LogP contribution in [0.3, 0.4) is 0 Å². The van der Waals surface area contributed by atoms with Crippen LogP contribution in [0.5, 0.6) is 0 Å². The van der Waals surface area contributed by atoms with Crippen molar-refractivity contribution in [2.75, 3.05) is 0 Å². The molecule has 1 aromatic heterocycles. The Labute approximate surface area is 145 Å². The largest absolute Gasteiger partial charge is 0.396 e. The molecular formula is C12H8Br3N3O3. The maximum atomic E-state index is 12.4. The topological polar surface area (TPSA) is 78.0 Å². The predicted molar refractivity (Wildman–Crippen MR) is 87.5 cm³/mol. The van der Waals surface area contributed by atoms with Gasteiger partial charge in [0, 0.05) is 21.4 Å². The Morgan fingerprint density at radius 3 is 2.62 bits per heavy atom. The van der Waals surface area contributed by atoms with E-state index in [-0.39, 0.29) is 22.7 Å². The predicted octanol–water partition coefficient (Wildman–Crippen LogP) is 4.27. The van der Waals surface area contributed by atoms with Gasteiger partial charge in [0.15, 0.2) is 10.4 Å². The van der Waals surface area contributed by atoms with Gasteiger partial charge >= 0.3 is 5.82 Å². The van der Waals surface area contributed by atoms with Crippen molar-refractivity contribution in [2.24, 2.45) is 0 Å². The van der Waals surface area contributed by atoms with Gasteiger partial charge in [-0.3, -0.25) is 9.36 Å². The molecule has 1 heterocycles. The number of hydrogen-bond acceptors (Lipinski definition) is 4. The molecule has 0 N–H and O–H groups in total. The molecule has 2 rings (SSSR count). The summed E-state index contributed by atoms with van der Waals surface area (Å²) in [5.74, 6) is -0.0825. The van der Waals surface area contributed by atoms with Crippen LogP contribution in [-0.4, -0.2) is 20.3 Å². The van der Waals surface area contributed by atoms with Gasteiger partial charge in [-0.15, -0.1) is 0 Å². The molecule has 9 heteroatoms. The lowest BCUT2D eigenvalue weighted by Crippen LogP contribution is -2.12. The minimum absolute atomic E-state index is 0.0394. The van der Waals surface area contributed by atoms with E-state index in [2.05, 4.69) is 52.8 Å². The normalized spacial score (nSPS) is 10.7. The standard InChI is InChI=1S/C12H8Br3N3O3/c1-6-16-12(18(20)21)11(15)17(6)5-10(19)8-4-7(13)2-3-9(8)14/h2-4H,5H2,1H3. The van der Waals surface area contributed by atoms with Gasteiger partial charge < -0.3 is 10.1 Å². The number of aromatic nitrogens is 2. The van der Waals surface area contributed by atoms with Crippen molar-refractivity contribution in [3.05, 3.63) is 53.2 Å². The van der Waals surface area contributed by atoms with Gasteiger partial charge in [-0.05, 0) is 44.0 Å². The lowest BCUT2D eigenvalue weighted by molar-refractivity contribution is -0.390. The molecule has 0 aliphatic carbocycles. The Hall–Kier alpha value is -1.06. The van der Waals surface area contributed by atoms with E-state index in [9.17, 15) is 14.9 Å². The van der Waals surface area contributed by atoms with Gasteiger partial charge in [-0.1, -0.05) is 31.9 Å². The summed E-state index contributed by atoms with van der Waals surface area (Å²) in [6, 6.07) is 5.26.